The molecule has 0 saturated carbocycles. The summed E-state index contributed by atoms with van der Waals surface area (Å²) in [5, 5.41) is 11.1. The molecule has 0 bridgehead atoms. The zero-order valence-corrected chi connectivity index (χ0v) is 16.5. The van der Waals surface area contributed by atoms with Crippen molar-refractivity contribution in [3.05, 3.63) is 65.7 Å². The van der Waals surface area contributed by atoms with Crippen molar-refractivity contribution in [2.45, 2.75) is 31.5 Å². The smallest absolute Gasteiger partial charge is 0.277 e. The molecule has 28 heavy (non-hydrogen) atoms. The van der Waals surface area contributed by atoms with Crippen molar-refractivity contribution in [1.82, 2.24) is 15.5 Å². The number of benzene rings is 2. The standard InChI is InChI=1S/C21H21N3O3S/c1-14-7-6-10-17(11-14)20-23-24-21(27-20)28-13-19(26)22-18(15(2)25)12-16-8-4-3-5-9-16/h3-11,18H,12-13H2,1-2H3,(H,22,26)/t18-/m1/s1. The fourth-order valence-corrected chi connectivity index (χ4v) is 3.25. The molecular formula is C21H21N3O3S. The van der Waals surface area contributed by atoms with Gasteiger partial charge in [-0.2, -0.15) is 0 Å². The fraction of sp³-hybridized carbons (Fsp3) is 0.238. The van der Waals surface area contributed by atoms with E-state index in [0.29, 0.717) is 17.5 Å². The van der Waals surface area contributed by atoms with Gasteiger partial charge in [0.1, 0.15) is 0 Å². The largest absolute Gasteiger partial charge is 0.411 e. The van der Waals surface area contributed by atoms with Crippen molar-refractivity contribution < 1.29 is 14.0 Å². The van der Waals surface area contributed by atoms with Crippen LogP contribution < -0.4 is 5.32 Å². The van der Waals surface area contributed by atoms with E-state index >= 15 is 0 Å². The molecule has 6 nitrogen and oxygen atoms in total. The van der Waals surface area contributed by atoms with Gasteiger partial charge in [0.05, 0.1) is 11.8 Å². The van der Waals surface area contributed by atoms with Crippen molar-refractivity contribution in [3.63, 3.8) is 0 Å². The maximum atomic E-state index is 12.3. The van der Waals surface area contributed by atoms with Gasteiger partial charge in [-0.1, -0.05) is 59.8 Å². The number of hydrogen-bond donors (Lipinski definition) is 1. The van der Waals surface area contributed by atoms with Crippen LogP contribution in [-0.4, -0.2) is 33.7 Å². The van der Waals surface area contributed by atoms with Crippen LogP contribution in [0.3, 0.4) is 0 Å². The summed E-state index contributed by atoms with van der Waals surface area (Å²) in [4.78, 5) is 24.2. The molecule has 1 aromatic heterocycles. The maximum Gasteiger partial charge on any atom is 0.277 e. The molecule has 0 unspecified atom stereocenters. The third-order valence-corrected chi connectivity index (χ3v) is 4.93. The van der Waals surface area contributed by atoms with Crippen LogP contribution in [0.1, 0.15) is 18.1 Å². The number of aromatic nitrogens is 2. The Morgan fingerprint density at radius 2 is 1.89 bits per heavy atom. The lowest BCUT2D eigenvalue weighted by molar-refractivity contribution is -0.125. The Morgan fingerprint density at radius 1 is 1.11 bits per heavy atom. The third-order valence-electron chi connectivity index (χ3n) is 4.11. The number of rotatable bonds is 8. The number of nitrogens with zero attached hydrogens (tertiary/aromatic N) is 2. The summed E-state index contributed by atoms with van der Waals surface area (Å²) in [6.07, 6.45) is 0.463. The van der Waals surface area contributed by atoms with Crippen molar-refractivity contribution in [2.24, 2.45) is 0 Å². The number of nitrogens with one attached hydrogen (secondary N) is 1. The molecule has 0 aliphatic heterocycles. The Morgan fingerprint density at radius 3 is 2.61 bits per heavy atom. The number of amides is 1. The van der Waals surface area contributed by atoms with Crippen molar-refractivity contribution >= 4 is 23.5 Å². The first kappa shape index (κ1) is 19.8. The Labute approximate surface area is 167 Å². The Kier molecular flexibility index (Phi) is 6.60. The summed E-state index contributed by atoms with van der Waals surface area (Å²) < 4.78 is 5.62. The summed E-state index contributed by atoms with van der Waals surface area (Å²) in [6.45, 7) is 3.47. The second-order valence-electron chi connectivity index (χ2n) is 6.45. The summed E-state index contributed by atoms with van der Waals surface area (Å²) >= 11 is 1.14. The molecule has 1 N–H and O–H groups in total. The average Bonchev–Trinajstić information content (AvgIpc) is 3.16. The topological polar surface area (TPSA) is 85.1 Å². The highest BCUT2D eigenvalue weighted by Crippen LogP contribution is 2.23. The molecule has 1 heterocycles. The molecule has 1 amide bonds. The van der Waals surface area contributed by atoms with E-state index in [1.165, 1.54) is 6.92 Å². The molecule has 3 rings (SSSR count). The van der Waals surface area contributed by atoms with E-state index in [1.54, 1.807) is 0 Å². The molecule has 1 atom stereocenters. The number of carbonyl (C=O) groups excluding carboxylic acids is 2. The van der Waals surface area contributed by atoms with Gasteiger partial charge in [-0.3, -0.25) is 9.59 Å². The second-order valence-corrected chi connectivity index (χ2v) is 7.38. The molecule has 0 fully saturated rings. The van der Waals surface area contributed by atoms with Gasteiger partial charge < -0.3 is 9.73 Å². The normalized spacial score (nSPS) is 11.8. The SMILES string of the molecule is CC(=O)[C@@H](Cc1ccccc1)NC(=O)CSc1nnc(-c2cccc(C)c2)o1. The van der Waals surface area contributed by atoms with Gasteiger partial charge in [-0.05, 0) is 38.0 Å². The second kappa shape index (κ2) is 9.32. The van der Waals surface area contributed by atoms with Crippen LogP contribution in [0.25, 0.3) is 11.5 Å². The van der Waals surface area contributed by atoms with E-state index in [4.69, 9.17) is 4.42 Å². The van der Waals surface area contributed by atoms with Gasteiger partial charge in [0.25, 0.3) is 5.22 Å². The molecule has 2 aromatic carbocycles. The number of carbonyl (C=O) groups is 2. The minimum Gasteiger partial charge on any atom is -0.411 e. The predicted octanol–water partition coefficient (Wildman–Crippen LogP) is 3.45. The zero-order valence-electron chi connectivity index (χ0n) is 15.7. The summed E-state index contributed by atoms with van der Waals surface area (Å²) in [5.41, 5.74) is 2.93. The maximum absolute atomic E-state index is 12.3. The first-order chi connectivity index (χ1) is 13.5. The molecule has 0 aliphatic carbocycles. The van der Waals surface area contributed by atoms with Gasteiger partial charge in [-0.15, -0.1) is 10.2 Å². The van der Waals surface area contributed by atoms with Gasteiger partial charge >= 0.3 is 0 Å². The highest BCUT2D eigenvalue weighted by Gasteiger charge is 2.18. The van der Waals surface area contributed by atoms with Gasteiger partial charge in [0.2, 0.25) is 11.8 Å². The zero-order chi connectivity index (χ0) is 19.9. The van der Waals surface area contributed by atoms with Crippen LogP contribution in [-0.2, 0) is 16.0 Å². The van der Waals surface area contributed by atoms with Crippen LogP contribution in [0.15, 0.2) is 64.2 Å². The van der Waals surface area contributed by atoms with Crippen LogP contribution in [0, 0.1) is 6.92 Å². The quantitative estimate of drug-likeness (QED) is 0.588. The molecule has 7 heteroatoms. The number of hydrogen-bond acceptors (Lipinski definition) is 6. The van der Waals surface area contributed by atoms with E-state index in [0.717, 1.165) is 28.5 Å². The molecular weight excluding hydrogens is 374 g/mol. The highest BCUT2D eigenvalue weighted by molar-refractivity contribution is 7.99. The van der Waals surface area contributed by atoms with E-state index in [-0.39, 0.29) is 17.4 Å². The summed E-state index contributed by atoms with van der Waals surface area (Å²) in [7, 11) is 0. The summed E-state index contributed by atoms with van der Waals surface area (Å²) in [6, 6.07) is 16.8. The molecule has 0 saturated heterocycles. The highest BCUT2D eigenvalue weighted by atomic mass is 32.2. The third kappa shape index (κ3) is 5.53. The van der Waals surface area contributed by atoms with Gasteiger partial charge in [0.15, 0.2) is 5.78 Å². The monoisotopic (exact) mass is 395 g/mol. The number of Topliss-reactive ketones (excluding diaryl/α,β-unsaturated/α-hetero) is 1. The minimum absolute atomic E-state index is 0.0817. The first-order valence-electron chi connectivity index (χ1n) is 8.88. The Hall–Kier alpha value is -2.93. The van der Waals surface area contributed by atoms with Crippen LogP contribution >= 0.6 is 11.8 Å². The lowest BCUT2D eigenvalue weighted by Crippen LogP contribution is -2.42. The van der Waals surface area contributed by atoms with Crippen molar-refractivity contribution in [3.8, 4) is 11.5 Å². The number of thioether (sulfide) groups is 1. The number of ketones is 1. The lowest BCUT2D eigenvalue weighted by atomic mass is 10.0. The van der Waals surface area contributed by atoms with Gasteiger partial charge in [0, 0.05) is 5.56 Å². The Balaban J connectivity index is 1.55. The minimum atomic E-state index is -0.555. The van der Waals surface area contributed by atoms with E-state index in [9.17, 15) is 9.59 Å². The summed E-state index contributed by atoms with van der Waals surface area (Å²) in [5.74, 6) is 0.170. The lowest BCUT2D eigenvalue weighted by Gasteiger charge is -2.15. The Bertz CT molecular complexity index is 956. The van der Waals surface area contributed by atoms with Crippen molar-refractivity contribution in [1.29, 1.82) is 0 Å². The predicted molar refractivity (Wildman–Crippen MR) is 108 cm³/mol. The average molecular weight is 395 g/mol. The molecule has 0 aliphatic rings. The molecule has 0 spiro atoms. The van der Waals surface area contributed by atoms with Crippen molar-refractivity contribution in [2.75, 3.05) is 5.75 Å². The first-order valence-corrected chi connectivity index (χ1v) is 9.87. The van der Waals surface area contributed by atoms with E-state index < -0.39 is 6.04 Å². The van der Waals surface area contributed by atoms with E-state index in [2.05, 4.69) is 15.5 Å². The van der Waals surface area contributed by atoms with E-state index in [1.807, 2.05) is 61.5 Å². The molecule has 144 valence electrons. The van der Waals surface area contributed by atoms with Crippen LogP contribution in [0.4, 0.5) is 0 Å². The van der Waals surface area contributed by atoms with Gasteiger partial charge in [-0.25, -0.2) is 0 Å². The molecule has 0 radical (unpaired) electrons. The van der Waals surface area contributed by atoms with Crippen LogP contribution in [0.5, 0.6) is 0 Å². The fourth-order valence-electron chi connectivity index (χ4n) is 2.67. The number of aryl methyl sites for hydroxylation is 1. The molecule has 3 aromatic rings. The van der Waals surface area contributed by atoms with Crippen LogP contribution in [0.2, 0.25) is 0 Å².